The first-order chi connectivity index (χ1) is 4.34. The van der Waals surface area contributed by atoms with Crippen molar-refractivity contribution in [3.63, 3.8) is 0 Å². The predicted molar refractivity (Wildman–Crippen MR) is 40.6 cm³/mol. The minimum atomic E-state index is 1.15. The van der Waals surface area contributed by atoms with Crippen molar-refractivity contribution in [2.24, 2.45) is 0 Å². The van der Waals surface area contributed by atoms with Crippen molar-refractivity contribution in [3.8, 4) is 0 Å². The summed E-state index contributed by atoms with van der Waals surface area (Å²) in [6, 6.07) is 8.49. The number of benzene rings is 1. The average molecular weight is 126 g/mol. The topological polar surface area (TPSA) is 0 Å². The van der Waals surface area contributed by atoms with Crippen molar-refractivity contribution in [2.45, 2.75) is 20.3 Å². The van der Waals surface area contributed by atoms with Crippen LogP contribution in [0.2, 0.25) is 0 Å². The summed E-state index contributed by atoms with van der Waals surface area (Å²) in [4.78, 5) is 0. The Labute approximate surface area is 56.5 Å². The molecule has 0 heterocycles. The summed E-state index contributed by atoms with van der Waals surface area (Å²) in [6.45, 7) is 4.33. The van der Waals surface area contributed by atoms with E-state index >= 15 is 0 Å². The van der Waals surface area contributed by atoms with E-state index in [9.17, 15) is 0 Å². The molecule has 1 rings (SSSR count). The summed E-state index contributed by atoms with van der Waals surface area (Å²) >= 11 is 0. The quantitative estimate of drug-likeness (QED) is 0.542. The SMILES string of the molecule is CC[13c]1[13cH][13cH][13cH][13cH][13c]1C. The maximum absolute atomic E-state index is 2.18. The first-order valence-corrected chi connectivity index (χ1v) is 3.39. The summed E-state index contributed by atoms with van der Waals surface area (Å²) in [6.07, 6.45) is 1.15. The van der Waals surface area contributed by atoms with Gasteiger partial charge in [-0.2, -0.15) is 0 Å². The normalized spacial score (nSPS) is 9.56. The van der Waals surface area contributed by atoms with Gasteiger partial charge >= 0.3 is 0 Å². The lowest BCUT2D eigenvalue weighted by Gasteiger charge is -1.98. The third-order valence-electron chi connectivity index (χ3n) is 1.64. The molecule has 0 atom stereocenters. The molecule has 9 heavy (non-hydrogen) atoms. The van der Waals surface area contributed by atoms with E-state index in [2.05, 4.69) is 38.1 Å². The van der Waals surface area contributed by atoms with Gasteiger partial charge in [-0.15, -0.1) is 0 Å². The van der Waals surface area contributed by atoms with Crippen molar-refractivity contribution < 1.29 is 0 Å². The fraction of sp³-hybridized carbons (Fsp3) is 0.333. The Hall–Kier alpha value is -0.780. The van der Waals surface area contributed by atoms with Gasteiger partial charge in [-0.1, -0.05) is 31.2 Å². The summed E-state index contributed by atoms with van der Waals surface area (Å²) in [5.74, 6) is 0. The van der Waals surface area contributed by atoms with Crippen LogP contribution in [0, 0.1) is 6.92 Å². The van der Waals surface area contributed by atoms with Crippen molar-refractivity contribution in [1.29, 1.82) is 0 Å². The van der Waals surface area contributed by atoms with Gasteiger partial charge in [-0.05, 0) is 24.5 Å². The molecular weight excluding hydrogens is 114 g/mol. The van der Waals surface area contributed by atoms with Crippen molar-refractivity contribution in [1.82, 2.24) is 0 Å². The molecule has 48 valence electrons. The lowest BCUT2D eigenvalue weighted by Crippen LogP contribution is -1.82. The molecule has 1 aromatic carbocycles. The number of hydrogen-bond donors (Lipinski definition) is 0. The Morgan fingerprint density at radius 1 is 1.22 bits per heavy atom. The molecule has 1 aromatic rings. The summed E-state index contributed by atoms with van der Waals surface area (Å²) in [7, 11) is 0. The second-order valence-electron chi connectivity index (χ2n) is 2.28. The first kappa shape index (κ1) is 6.34. The van der Waals surface area contributed by atoms with Crippen LogP contribution in [0.15, 0.2) is 24.3 Å². The number of rotatable bonds is 1. The minimum Gasteiger partial charge on any atom is -0.0620 e. The van der Waals surface area contributed by atoms with Gasteiger partial charge in [0.2, 0.25) is 0 Å². The van der Waals surface area contributed by atoms with Crippen LogP contribution in [0.4, 0.5) is 0 Å². The van der Waals surface area contributed by atoms with Crippen LogP contribution >= 0.6 is 0 Å². The van der Waals surface area contributed by atoms with Gasteiger partial charge in [0, 0.05) is 0 Å². The Morgan fingerprint density at radius 2 is 1.89 bits per heavy atom. The van der Waals surface area contributed by atoms with E-state index in [4.69, 9.17) is 0 Å². The second kappa shape index (κ2) is 2.67. The van der Waals surface area contributed by atoms with Gasteiger partial charge in [0.1, 0.15) is 0 Å². The van der Waals surface area contributed by atoms with Crippen LogP contribution in [0.3, 0.4) is 0 Å². The molecule has 0 N–H and O–H groups in total. The minimum absolute atomic E-state index is 1.15. The molecule has 0 aliphatic heterocycles. The van der Waals surface area contributed by atoms with Gasteiger partial charge in [-0.3, -0.25) is 0 Å². The molecule has 0 aromatic heterocycles. The fourth-order valence-electron chi connectivity index (χ4n) is 1.01. The van der Waals surface area contributed by atoms with E-state index in [-0.39, 0.29) is 0 Å². The largest absolute Gasteiger partial charge is 0.0620 e. The molecule has 0 aliphatic carbocycles. The Balaban J connectivity index is 3.01. The van der Waals surface area contributed by atoms with Gasteiger partial charge in [0.15, 0.2) is 0 Å². The van der Waals surface area contributed by atoms with Crippen molar-refractivity contribution in [3.05, 3.63) is 35.4 Å². The molecule has 0 unspecified atom stereocenters. The highest BCUT2D eigenvalue weighted by Crippen LogP contribution is 2.06. The number of hydrogen-bond acceptors (Lipinski definition) is 0. The van der Waals surface area contributed by atoms with Crippen molar-refractivity contribution in [2.75, 3.05) is 0 Å². The maximum Gasteiger partial charge on any atom is -0.0305 e. The Morgan fingerprint density at radius 3 is 2.33 bits per heavy atom. The van der Waals surface area contributed by atoms with Crippen molar-refractivity contribution >= 4 is 0 Å². The summed E-state index contributed by atoms with van der Waals surface area (Å²) in [5.41, 5.74) is 2.86. The Bertz CT molecular complexity index is 189. The third-order valence-corrected chi connectivity index (χ3v) is 1.64. The van der Waals surface area contributed by atoms with Crippen LogP contribution < -0.4 is 0 Å². The first-order valence-electron chi connectivity index (χ1n) is 3.39. The molecule has 0 saturated carbocycles. The van der Waals surface area contributed by atoms with Crippen LogP contribution in [-0.4, -0.2) is 0 Å². The highest BCUT2D eigenvalue weighted by atomic mass is 14.8. The second-order valence-corrected chi connectivity index (χ2v) is 2.28. The molecule has 0 fully saturated rings. The smallest absolute Gasteiger partial charge is 0.0305 e. The van der Waals surface area contributed by atoms with E-state index in [0.717, 1.165) is 6.42 Å². The van der Waals surface area contributed by atoms with Crippen LogP contribution in [0.1, 0.15) is 18.1 Å². The lowest BCUT2D eigenvalue weighted by molar-refractivity contribution is 1.11. The zero-order valence-electron chi connectivity index (χ0n) is 6.02. The van der Waals surface area contributed by atoms with Gasteiger partial charge in [-0.25, -0.2) is 0 Å². The highest BCUT2D eigenvalue weighted by Gasteiger charge is 1.89. The monoisotopic (exact) mass is 126 g/mol. The van der Waals surface area contributed by atoms with Crippen LogP contribution in [0.5, 0.6) is 0 Å². The number of aryl methyl sites for hydroxylation is 2. The molecular formula is C9H12. The predicted octanol–water partition coefficient (Wildman–Crippen LogP) is 2.56. The maximum atomic E-state index is 2.18. The molecule has 0 saturated heterocycles. The Kier molecular flexibility index (Phi) is 1.88. The van der Waals surface area contributed by atoms with E-state index in [0.29, 0.717) is 0 Å². The fourth-order valence-corrected chi connectivity index (χ4v) is 1.01. The summed E-state index contributed by atoms with van der Waals surface area (Å²) < 4.78 is 0. The molecule has 0 spiro atoms. The lowest BCUT2D eigenvalue weighted by atomic mass is 10.6. The van der Waals surface area contributed by atoms with E-state index < -0.39 is 0 Å². The van der Waals surface area contributed by atoms with Crippen LogP contribution in [0.25, 0.3) is 0 Å². The molecule has 0 heteroatoms. The average Bonchev–Trinajstić information content (AvgIpc) is 1.89. The zero-order valence-corrected chi connectivity index (χ0v) is 6.02. The van der Waals surface area contributed by atoms with E-state index in [1.54, 1.807) is 0 Å². The molecule has 0 nitrogen and oxygen atoms in total. The van der Waals surface area contributed by atoms with E-state index in [1.807, 2.05) is 0 Å². The third kappa shape index (κ3) is 1.32. The molecule has 0 bridgehead atoms. The molecule has 0 radical (unpaired) electrons. The zero-order chi connectivity index (χ0) is 6.69. The van der Waals surface area contributed by atoms with Crippen LogP contribution in [-0.2, 0) is 6.42 Å². The standard InChI is InChI=1S/C9H12/c1-3-9-7-5-4-6-8(9)2/h4-7H,3H2,1-2H3/i4+1,5+1,6+1,7+1,8+1,9+1. The van der Waals surface area contributed by atoms with E-state index in [1.165, 1.54) is 11.1 Å². The summed E-state index contributed by atoms with van der Waals surface area (Å²) in [5, 5.41) is 0. The van der Waals surface area contributed by atoms with Gasteiger partial charge in [0.25, 0.3) is 0 Å². The molecule has 0 amide bonds. The van der Waals surface area contributed by atoms with Gasteiger partial charge in [0.05, 0.1) is 0 Å². The molecule has 0 aliphatic rings. The highest BCUT2D eigenvalue weighted by molar-refractivity contribution is 5.24. The van der Waals surface area contributed by atoms with Gasteiger partial charge < -0.3 is 0 Å².